The first-order valence-electron chi connectivity index (χ1n) is 4.57. The normalized spacial score (nSPS) is 10.4. The van der Waals surface area contributed by atoms with Crippen LogP contribution < -0.4 is 10.6 Å². The van der Waals surface area contributed by atoms with Crippen LogP contribution in [0.15, 0.2) is 6.07 Å². The first kappa shape index (κ1) is 10.6. The van der Waals surface area contributed by atoms with Crippen LogP contribution in [0.1, 0.15) is 19.5 Å². The zero-order chi connectivity index (χ0) is 10.7. The Morgan fingerprint density at radius 3 is 2.64 bits per heavy atom. The van der Waals surface area contributed by atoms with Gasteiger partial charge in [-0.15, -0.1) is 0 Å². The predicted molar refractivity (Wildman–Crippen MR) is 55.2 cm³/mol. The molecule has 5 nitrogen and oxygen atoms in total. The summed E-state index contributed by atoms with van der Waals surface area (Å²) in [7, 11) is 1.83. The van der Waals surface area contributed by atoms with E-state index in [0.717, 1.165) is 5.69 Å². The van der Waals surface area contributed by atoms with Crippen LogP contribution in [0.3, 0.4) is 0 Å². The summed E-state index contributed by atoms with van der Waals surface area (Å²) in [6.45, 7) is 5.74. The highest BCUT2D eigenvalue weighted by Gasteiger charge is 2.06. The van der Waals surface area contributed by atoms with Crippen molar-refractivity contribution in [3.63, 3.8) is 0 Å². The average molecular weight is 196 g/mol. The Balaban J connectivity index is 2.56. The van der Waals surface area contributed by atoms with E-state index in [1.165, 1.54) is 0 Å². The monoisotopic (exact) mass is 196 g/mol. The van der Waals surface area contributed by atoms with Crippen molar-refractivity contribution in [2.24, 2.45) is 7.05 Å². The van der Waals surface area contributed by atoms with E-state index in [1.54, 1.807) is 4.68 Å². The molecule has 0 unspecified atom stereocenters. The molecular formula is C9H16N4O. The lowest BCUT2D eigenvalue weighted by atomic mass is 10.4. The van der Waals surface area contributed by atoms with Crippen LogP contribution in [-0.2, 0) is 7.05 Å². The number of hydrogen-bond acceptors (Lipinski definition) is 2. The molecule has 2 N–H and O–H groups in total. The lowest BCUT2D eigenvalue weighted by molar-refractivity contribution is 0.250. The number of rotatable bonds is 2. The molecule has 1 aromatic rings. The summed E-state index contributed by atoms with van der Waals surface area (Å²) in [5, 5.41) is 9.48. The number of aromatic nitrogens is 2. The van der Waals surface area contributed by atoms with Crippen molar-refractivity contribution >= 4 is 11.8 Å². The summed E-state index contributed by atoms with van der Waals surface area (Å²) in [6.07, 6.45) is 0. The van der Waals surface area contributed by atoms with Crippen LogP contribution in [0.4, 0.5) is 10.6 Å². The summed E-state index contributed by atoms with van der Waals surface area (Å²) < 4.78 is 1.71. The highest BCUT2D eigenvalue weighted by atomic mass is 16.2. The smallest absolute Gasteiger partial charge is 0.320 e. The fourth-order valence-corrected chi connectivity index (χ4v) is 1.04. The number of carbonyl (C=O) groups is 1. The Kier molecular flexibility index (Phi) is 3.11. The van der Waals surface area contributed by atoms with Gasteiger partial charge in [0, 0.05) is 24.8 Å². The number of aryl methyl sites for hydroxylation is 2. The van der Waals surface area contributed by atoms with E-state index in [4.69, 9.17) is 0 Å². The minimum absolute atomic E-state index is 0.125. The molecule has 0 aromatic carbocycles. The number of amides is 2. The molecule has 5 heteroatoms. The average Bonchev–Trinajstić information content (AvgIpc) is 2.28. The third kappa shape index (κ3) is 2.76. The van der Waals surface area contributed by atoms with Gasteiger partial charge in [0.2, 0.25) is 0 Å². The van der Waals surface area contributed by atoms with Crippen molar-refractivity contribution in [3.05, 3.63) is 11.8 Å². The highest BCUT2D eigenvalue weighted by molar-refractivity contribution is 5.88. The number of urea groups is 1. The second kappa shape index (κ2) is 4.13. The van der Waals surface area contributed by atoms with E-state index < -0.39 is 0 Å². The van der Waals surface area contributed by atoms with Gasteiger partial charge in [-0.25, -0.2) is 4.79 Å². The number of nitrogens with one attached hydrogen (secondary N) is 2. The number of carbonyl (C=O) groups excluding carboxylic acids is 1. The summed E-state index contributed by atoms with van der Waals surface area (Å²) in [4.78, 5) is 11.3. The van der Waals surface area contributed by atoms with Crippen LogP contribution in [-0.4, -0.2) is 21.9 Å². The molecule has 0 aliphatic rings. The van der Waals surface area contributed by atoms with E-state index in [1.807, 2.05) is 33.9 Å². The van der Waals surface area contributed by atoms with E-state index in [9.17, 15) is 4.79 Å². The fraction of sp³-hybridized carbons (Fsp3) is 0.556. The van der Waals surface area contributed by atoms with Gasteiger partial charge in [-0.05, 0) is 20.8 Å². The van der Waals surface area contributed by atoms with Crippen molar-refractivity contribution in [2.75, 3.05) is 5.32 Å². The molecule has 1 heterocycles. The Morgan fingerprint density at radius 1 is 1.57 bits per heavy atom. The molecule has 1 aromatic heterocycles. The maximum atomic E-state index is 11.3. The number of anilines is 1. The van der Waals surface area contributed by atoms with Crippen LogP contribution in [0, 0.1) is 6.92 Å². The molecular weight excluding hydrogens is 180 g/mol. The molecule has 0 saturated heterocycles. The largest absolute Gasteiger partial charge is 0.336 e. The van der Waals surface area contributed by atoms with Crippen molar-refractivity contribution in [1.82, 2.24) is 15.1 Å². The molecule has 1 rings (SSSR count). The third-order valence-corrected chi connectivity index (χ3v) is 1.78. The number of nitrogens with zero attached hydrogens (tertiary/aromatic N) is 2. The van der Waals surface area contributed by atoms with Crippen LogP contribution in [0.25, 0.3) is 0 Å². The van der Waals surface area contributed by atoms with Gasteiger partial charge in [0.25, 0.3) is 0 Å². The fourth-order valence-electron chi connectivity index (χ4n) is 1.04. The summed E-state index contributed by atoms with van der Waals surface area (Å²) >= 11 is 0. The van der Waals surface area contributed by atoms with E-state index in [2.05, 4.69) is 15.7 Å². The molecule has 0 spiro atoms. The molecule has 0 aliphatic heterocycles. The molecule has 0 atom stereocenters. The quantitative estimate of drug-likeness (QED) is 0.748. The van der Waals surface area contributed by atoms with Gasteiger partial charge >= 0.3 is 6.03 Å². The van der Waals surface area contributed by atoms with E-state index in [0.29, 0.717) is 5.82 Å². The topological polar surface area (TPSA) is 59.0 Å². The van der Waals surface area contributed by atoms with Crippen LogP contribution in [0.5, 0.6) is 0 Å². The minimum atomic E-state index is -0.224. The van der Waals surface area contributed by atoms with Gasteiger partial charge in [-0.2, -0.15) is 5.10 Å². The van der Waals surface area contributed by atoms with Gasteiger partial charge in [-0.1, -0.05) is 0 Å². The standard InChI is InChI=1S/C9H16N4O/c1-6(2)10-9(14)11-8-5-7(3)13(4)12-8/h5-6H,1-4H3,(H2,10,11,12,14). The molecule has 0 radical (unpaired) electrons. The van der Waals surface area contributed by atoms with Crippen molar-refractivity contribution in [1.29, 1.82) is 0 Å². The second-order valence-electron chi connectivity index (χ2n) is 3.55. The summed E-state index contributed by atoms with van der Waals surface area (Å²) in [6, 6.07) is 1.72. The van der Waals surface area contributed by atoms with Gasteiger partial charge in [0.1, 0.15) is 0 Å². The zero-order valence-corrected chi connectivity index (χ0v) is 8.96. The molecule has 0 aliphatic carbocycles. The Bertz CT molecular complexity index is 310. The SMILES string of the molecule is Cc1cc(NC(=O)NC(C)C)nn1C. The molecule has 14 heavy (non-hydrogen) atoms. The lowest BCUT2D eigenvalue weighted by Gasteiger charge is -2.07. The second-order valence-corrected chi connectivity index (χ2v) is 3.55. The van der Waals surface area contributed by atoms with E-state index in [-0.39, 0.29) is 12.1 Å². The molecule has 78 valence electrons. The Labute approximate surface area is 83.5 Å². The van der Waals surface area contributed by atoms with Crippen molar-refractivity contribution < 1.29 is 4.79 Å². The van der Waals surface area contributed by atoms with Crippen LogP contribution in [0.2, 0.25) is 0 Å². The Hall–Kier alpha value is -1.52. The highest BCUT2D eigenvalue weighted by Crippen LogP contribution is 2.06. The minimum Gasteiger partial charge on any atom is -0.336 e. The molecule has 0 fully saturated rings. The van der Waals surface area contributed by atoms with Crippen molar-refractivity contribution in [2.45, 2.75) is 26.8 Å². The first-order chi connectivity index (χ1) is 6.49. The zero-order valence-electron chi connectivity index (χ0n) is 8.96. The van der Waals surface area contributed by atoms with Crippen LogP contribution >= 0.6 is 0 Å². The van der Waals surface area contributed by atoms with Gasteiger partial charge in [0.05, 0.1) is 0 Å². The lowest BCUT2D eigenvalue weighted by Crippen LogP contribution is -2.34. The summed E-state index contributed by atoms with van der Waals surface area (Å²) in [5.41, 5.74) is 1.00. The Morgan fingerprint density at radius 2 is 2.21 bits per heavy atom. The molecule has 0 bridgehead atoms. The first-order valence-corrected chi connectivity index (χ1v) is 4.57. The van der Waals surface area contributed by atoms with Gasteiger partial charge < -0.3 is 5.32 Å². The van der Waals surface area contributed by atoms with Crippen molar-refractivity contribution in [3.8, 4) is 0 Å². The number of hydrogen-bond donors (Lipinski definition) is 2. The summed E-state index contributed by atoms with van der Waals surface area (Å²) in [5.74, 6) is 0.572. The maximum Gasteiger partial charge on any atom is 0.320 e. The third-order valence-electron chi connectivity index (χ3n) is 1.78. The van der Waals surface area contributed by atoms with Gasteiger partial charge in [0.15, 0.2) is 5.82 Å². The van der Waals surface area contributed by atoms with Gasteiger partial charge in [-0.3, -0.25) is 10.00 Å². The molecule has 2 amide bonds. The maximum absolute atomic E-state index is 11.3. The molecule has 0 saturated carbocycles. The van der Waals surface area contributed by atoms with E-state index >= 15 is 0 Å². The predicted octanol–water partition coefficient (Wildman–Crippen LogP) is 1.26.